The number of hydrogen-bond acceptors (Lipinski definition) is 2. The summed E-state index contributed by atoms with van der Waals surface area (Å²) in [4.78, 5) is 8.47. The maximum atomic E-state index is 10.2. The zero-order chi connectivity index (χ0) is 8.53. The lowest BCUT2D eigenvalue weighted by Crippen LogP contribution is -2.16. The molecule has 0 spiro atoms. The van der Waals surface area contributed by atoms with Crippen molar-refractivity contribution < 1.29 is 9.46 Å². The normalized spacial score (nSPS) is 13.3. The Bertz CT molecular complexity index is 109. The number of rotatable bonds is 7. The molecule has 11 heavy (non-hydrogen) atoms. The van der Waals surface area contributed by atoms with Crippen LogP contribution in [0.2, 0.25) is 0 Å². The molecule has 0 bridgehead atoms. The maximum Gasteiger partial charge on any atom is 0.189 e. The Balaban J connectivity index is 2.85. The second kappa shape index (κ2) is 8.25. The lowest BCUT2D eigenvalue weighted by atomic mass is 10.3. The molecule has 0 aromatic rings. The number of nitrogens with one attached hydrogen (secondary N) is 1. The minimum atomic E-state index is -2.22. The monoisotopic (exact) mass is 179 g/mol. The molecule has 0 aromatic heterocycles. The van der Waals surface area contributed by atoms with E-state index in [0.717, 1.165) is 19.5 Å². The third-order valence-electron chi connectivity index (χ3n) is 1.45. The van der Waals surface area contributed by atoms with Gasteiger partial charge in [0, 0.05) is 6.16 Å². The highest BCUT2D eigenvalue weighted by atomic mass is 31.1. The van der Waals surface area contributed by atoms with Crippen LogP contribution in [0.15, 0.2) is 0 Å². The summed E-state index contributed by atoms with van der Waals surface area (Å²) in [6.07, 6.45) is 3.67. The van der Waals surface area contributed by atoms with Gasteiger partial charge in [0.15, 0.2) is 8.03 Å². The average molecular weight is 179 g/mol. The number of hydrogen-bond donors (Lipinski definition) is 2. The third kappa shape index (κ3) is 10.2. The van der Waals surface area contributed by atoms with Crippen LogP contribution in [-0.4, -0.2) is 24.1 Å². The molecule has 0 aromatic carbocycles. The fourth-order valence-corrected chi connectivity index (χ4v) is 1.27. The van der Waals surface area contributed by atoms with Gasteiger partial charge in [-0.15, -0.1) is 0 Å². The molecule has 1 unspecified atom stereocenters. The molecule has 0 amide bonds. The second-order valence-electron chi connectivity index (χ2n) is 2.60. The van der Waals surface area contributed by atoms with Crippen molar-refractivity contribution in [2.75, 3.05) is 19.3 Å². The summed E-state index contributed by atoms with van der Waals surface area (Å²) in [5.74, 6) is 0. The van der Waals surface area contributed by atoms with Gasteiger partial charge in [-0.2, -0.15) is 0 Å². The van der Waals surface area contributed by atoms with E-state index in [1.54, 1.807) is 0 Å². The van der Waals surface area contributed by atoms with E-state index in [9.17, 15) is 4.57 Å². The highest BCUT2D eigenvalue weighted by molar-refractivity contribution is 7.37. The lowest BCUT2D eigenvalue weighted by molar-refractivity contribution is 0.499. The van der Waals surface area contributed by atoms with Gasteiger partial charge in [0.05, 0.1) is 0 Å². The topological polar surface area (TPSA) is 49.3 Å². The number of unbranched alkanes of at least 4 members (excludes halogenated alkanes) is 1. The van der Waals surface area contributed by atoms with Gasteiger partial charge in [-0.3, -0.25) is 4.57 Å². The molecule has 0 rings (SSSR count). The molecular formula is C7H18NO2P. The predicted molar refractivity (Wildman–Crippen MR) is 48.5 cm³/mol. The van der Waals surface area contributed by atoms with Crippen molar-refractivity contribution >= 4 is 8.03 Å². The minimum Gasteiger partial charge on any atom is -0.346 e. The van der Waals surface area contributed by atoms with Crippen molar-refractivity contribution in [3.8, 4) is 0 Å². The molecule has 0 fully saturated rings. The van der Waals surface area contributed by atoms with Gasteiger partial charge in [0.2, 0.25) is 0 Å². The van der Waals surface area contributed by atoms with Crippen molar-refractivity contribution in [1.82, 2.24) is 5.32 Å². The van der Waals surface area contributed by atoms with Crippen LogP contribution < -0.4 is 5.32 Å². The van der Waals surface area contributed by atoms with Crippen molar-refractivity contribution in [2.24, 2.45) is 0 Å². The van der Waals surface area contributed by atoms with Gasteiger partial charge >= 0.3 is 0 Å². The van der Waals surface area contributed by atoms with Crippen molar-refractivity contribution in [3.63, 3.8) is 0 Å². The van der Waals surface area contributed by atoms with Crippen LogP contribution in [0.5, 0.6) is 0 Å². The van der Waals surface area contributed by atoms with Crippen LogP contribution in [0.25, 0.3) is 0 Å². The first-order valence-electron chi connectivity index (χ1n) is 4.20. The van der Waals surface area contributed by atoms with Gasteiger partial charge in [-0.25, -0.2) is 0 Å². The molecule has 0 aliphatic carbocycles. The van der Waals surface area contributed by atoms with Crippen LogP contribution in [0, 0.1) is 0 Å². The fraction of sp³-hybridized carbons (Fsp3) is 1.00. The molecule has 0 aliphatic rings. The average Bonchev–Trinajstić information content (AvgIpc) is 1.96. The molecule has 0 radical (unpaired) electrons. The fourth-order valence-electron chi connectivity index (χ4n) is 0.791. The van der Waals surface area contributed by atoms with Gasteiger partial charge in [-0.1, -0.05) is 13.3 Å². The Labute approximate surface area is 69.1 Å². The van der Waals surface area contributed by atoms with E-state index in [-0.39, 0.29) is 0 Å². The molecule has 0 heterocycles. The molecule has 4 heteroatoms. The van der Waals surface area contributed by atoms with E-state index < -0.39 is 8.03 Å². The molecule has 68 valence electrons. The van der Waals surface area contributed by atoms with E-state index in [1.807, 2.05) is 0 Å². The minimum absolute atomic E-state index is 0.462. The molecule has 3 nitrogen and oxygen atoms in total. The molecule has 0 aliphatic heterocycles. The van der Waals surface area contributed by atoms with Crippen LogP contribution in [0.4, 0.5) is 0 Å². The summed E-state index contributed by atoms with van der Waals surface area (Å²) in [5.41, 5.74) is 0. The Morgan fingerprint density at radius 1 is 1.36 bits per heavy atom. The summed E-state index contributed by atoms with van der Waals surface area (Å²) in [7, 11) is -2.22. The summed E-state index contributed by atoms with van der Waals surface area (Å²) < 4.78 is 10.2. The molecule has 0 saturated heterocycles. The van der Waals surface area contributed by atoms with E-state index in [0.29, 0.717) is 6.16 Å². The van der Waals surface area contributed by atoms with E-state index in [4.69, 9.17) is 4.89 Å². The van der Waals surface area contributed by atoms with Gasteiger partial charge < -0.3 is 10.2 Å². The molecule has 1 atom stereocenters. The Morgan fingerprint density at radius 2 is 2.00 bits per heavy atom. The van der Waals surface area contributed by atoms with E-state index >= 15 is 0 Å². The predicted octanol–water partition coefficient (Wildman–Crippen LogP) is 1.23. The molecule has 2 N–H and O–H groups in total. The van der Waals surface area contributed by atoms with Gasteiger partial charge in [0.1, 0.15) is 0 Å². The quantitative estimate of drug-likeness (QED) is 0.456. The molecular weight excluding hydrogens is 161 g/mol. The Morgan fingerprint density at radius 3 is 2.55 bits per heavy atom. The van der Waals surface area contributed by atoms with E-state index in [2.05, 4.69) is 12.2 Å². The van der Waals surface area contributed by atoms with Crippen LogP contribution in [0.1, 0.15) is 26.2 Å². The highest BCUT2D eigenvalue weighted by Gasteiger charge is 1.91. The van der Waals surface area contributed by atoms with Crippen LogP contribution in [-0.2, 0) is 4.57 Å². The Kier molecular flexibility index (Phi) is 8.36. The summed E-state index contributed by atoms with van der Waals surface area (Å²) in [5, 5.41) is 3.21. The zero-order valence-electron chi connectivity index (χ0n) is 7.10. The van der Waals surface area contributed by atoms with Crippen molar-refractivity contribution in [2.45, 2.75) is 26.2 Å². The summed E-state index contributed by atoms with van der Waals surface area (Å²) in [6.45, 7) is 4.05. The zero-order valence-corrected chi connectivity index (χ0v) is 8.10. The maximum absolute atomic E-state index is 10.2. The third-order valence-corrected chi connectivity index (χ3v) is 2.23. The highest BCUT2D eigenvalue weighted by Crippen LogP contribution is 2.12. The van der Waals surface area contributed by atoms with Crippen LogP contribution >= 0.6 is 8.03 Å². The second-order valence-corrected chi connectivity index (χ2v) is 3.89. The lowest BCUT2D eigenvalue weighted by Gasteiger charge is -2.01. The summed E-state index contributed by atoms with van der Waals surface area (Å²) in [6, 6.07) is 0. The smallest absolute Gasteiger partial charge is 0.189 e. The SMILES string of the molecule is CCCCNCCC[PH](=O)O. The van der Waals surface area contributed by atoms with Crippen LogP contribution in [0.3, 0.4) is 0 Å². The largest absolute Gasteiger partial charge is 0.346 e. The first-order chi connectivity index (χ1) is 5.27. The molecule has 0 saturated carbocycles. The van der Waals surface area contributed by atoms with Crippen molar-refractivity contribution in [1.29, 1.82) is 0 Å². The van der Waals surface area contributed by atoms with Gasteiger partial charge in [0.25, 0.3) is 0 Å². The van der Waals surface area contributed by atoms with E-state index in [1.165, 1.54) is 12.8 Å². The summed E-state index contributed by atoms with van der Waals surface area (Å²) >= 11 is 0. The standard InChI is InChI=1S/C7H18NO2P/c1-2-3-5-8-6-4-7-11(9)10/h8,11H,2-7H2,1H3,(H,9,10). The first kappa shape index (κ1) is 11.2. The Hall–Kier alpha value is 0.150. The van der Waals surface area contributed by atoms with Crippen molar-refractivity contribution in [3.05, 3.63) is 0 Å². The van der Waals surface area contributed by atoms with Gasteiger partial charge in [-0.05, 0) is 25.9 Å². The first-order valence-corrected chi connectivity index (χ1v) is 5.76.